The summed E-state index contributed by atoms with van der Waals surface area (Å²) in [5.41, 5.74) is 2.77. The molecule has 1 heteroatoms. The first-order valence-electron chi connectivity index (χ1n) is 7.21. The Labute approximate surface area is 107 Å². The highest BCUT2D eigenvalue weighted by molar-refractivity contribution is 5.00. The van der Waals surface area contributed by atoms with Gasteiger partial charge < -0.3 is 0 Å². The molecule has 0 saturated heterocycles. The molecular formula is C16H28N+. The number of aryl methyl sites for hydroxylation is 2. The van der Waals surface area contributed by atoms with Gasteiger partial charge in [-0.2, -0.15) is 0 Å². The van der Waals surface area contributed by atoms with Crippen molar-refractivity contribution in [3.63, 3.8) is 0 Å². The van der Waals surface area contributed by atoms with Crippen LogP contribution in [0.2, 0.25) is 0 Å². The van der Waals surface area contributed by atoms with Crippen molar-refractivity contribution >= 4 is 0 Å². The van der Waals surface area contributed by atoms with Crippen molar-refractivity contribution in [1.82, 2.24) is 0 Å². The predicted molar refractivity (Wildman–Crippen MR) is 74.1 cm³/mol. The van der Waals surface area contributed by atoms with E-state index >= 15 is 0 Å². The Balaban J connectivity index is 2.18. The van der Waals surface area contributed by atoms with E-state index in [1.807, 2.05) is 0 Å². The van der Waals surface area contributed by atoms with Crippen molar-refractivity contribution < 1.29 is 4.57 Å². The normalized spacial score (nSPS) is 10.8. The Morgan fingerprint density at radius 1 is 0.824 bits per heavy atom. The summed E-state index contributed by atoms with van der Waals surface area (Å²) in [5, 5.41) is 0. The smallest absolute Gasteiger partial charge is 0.178 e. The van der Waals surface area contributed by atoms with Crippen LogP contribution in [0.5, 0.6) is 0 Å². The first kappa shape index (κ1) is 14.2. The molecule has 0 atom stereocenters. The lowest BCUT2D eigenvalue weighted by atomic mass is 10.1. The Bertz CT molecular complexity index is 297. The van der Waals surface area contributed by atoms with Crippen molar-refractivity contribution in [2.45, 2.75) is 72.3 Å². The summed E-state index contributed by atoms with van der Waals surface area (Å²) in [6.07, 6.45) is 9.71. The van der Waals surface area contributed by atoms with Gasteiger partial charge in [-0.15, -0.1) is 0 Å². The minimum atomic E-state index is 1.19. The molecular weight excluding hydrogens is 206 g/mol. The molecule has 0 saturated carbocycles. The fourth-order valence-electron chi connectivity index (χ4n) is 2.36. The average molecular weight is 234 g/mol. The van der Waals surface area contributed by atoms with E-state index < -0.39 is 0 Å². The van der Waals surface area contributed by atoms with Gasteiger partial charge in [0.15, 0.2) is 11.4 Å². The predicted octanol–water partition coefficient (Wildman–Crippen LogP) is 4.34. The molecule has 0 aromatic carbocycles. The van der Waals surface area contributed by atoms with Crippen LogP contribution in [0.25, 0.3) is 0 Å². The van der Waals surface area contributed by atoms with E-state index in [2.05, 4.69) is 43.5 Å². The van der Waals surface area contributed by atoms with Crippen molar-refractivity contribution in [2.24, 2.45) is 0 Å². The molecule has 0 aliphatic heterocycles. The van der Waals surface area contributed by atoms with Gasteiger partial charge in [0.2, 0.25) is 0 Å². The summed E-state index contributed by atoms with van der Waals surface area (Å²) in [4.78, 5) is 0. The van der Waals surface area contributed by atoms with Crippen LogP contribution in [0.15, 0.2) is 18.2 Å². The van der Waals surface area contributed by atoms with Crippen LogP contribution in [0.4, 0.5) is 0 Å². The van der Waals surface area contributed by atoms with Crippen molar-refractivity contribution in [2.75, 3.05) is 0 Å². The highest BCUT2D eigenvalue weighted by Gasteiger charge is 2.08. The van der Waals surface area contributed by atoms with Crippen molar-refractivity contribution in [3.8, 4) is 0 Å². The van der Waals surface area contributed by atoms with Crippen LogP contribution in [0, 0.1) is 13.8 Å². The molecule has 0 spiro atoms. The molecule has 0 N–H and O–H groups in total. The fourth-order valence-corrected chi connectivity index (χ4v) is 2.36. The number of hydrogen-bond acceptors (Lipinski definition) is 0. The summed E-state index contributed by atoms with van der Waals surface area (Å²) in [6.45, 7) is 7.87. The van der Waals surface area contributed by atoms with E-state index in [-0.39, 0.29) is 0 Å². The molecule has 0 aliphatic rings. The molecule has 1 nitrogen and oxygen atoms in total. The number of pyridine rings is 1. The number of rotatable bonds is 8. The molecule has 0 bridgehead atoms. The van der Waals surface area contributed by atoms with Crippen LogP contribution in [-0.2, 0) is 6.54 Å². The van der Waals surface area contributed by atoms with Crippen LogP contribution in [0.3, 0.4) is 0 Å². The largest absolute Gasteiger partial charge is 0.200 e. The first-order chi connectivity index (χ1) is 8.25. The number of hydrogen-bond donors (Lipinski definition) is 0. The molecule has 17 heavy (non-hydrogen) atoms. The third-order valence-corrected chi connectivity index (χ3v) is 3.51. The van der Waals surface area contributed by atoms with Gasteiger partial charge >= 0.3 is 0 Å². The maximum absolute atomic E-state index is 2.44. The molecule has 96 valence electrons. The fraction of sp³-hybridized carbons (Fsp3) is 0.688. The molecule has 0 fully saturated rings. The second kappa shape index (κ2) is 8.27. The van der Waals surface area contributed by atoms with E-state index in [1.54, 1.807) is 0 Å². The molecule has 0 radical (unpaired) electrons. The van der Waals surface area contributed by atoms with Gasteiger partial charge in [-0.3, -0.25) is 0 Å². The molecule has 0 unspecified atom stereocenters. The number of unbranched alkanes of at least 4 members (excludes halogenated alkanes) is 6. The quantitative estimate of drug-likeness (QED) is 0.465. The van der Waals surface area contributed by atoms with Gasteiger partial charge in [-0.1, -0.05) is 39.0 Å². The second-order valence-electron chi connectivity index (χ2n) is 5.08. The van der Waals surface area contributed by atoms with Crippen LogP contribution in [0.1, 0.15) is 63.3 Å². The standard InChI is InChI=1S/C16H28N/c1-4-5-6-7-8-9-10-14-17-15(2)12-11-13-16(17)3/h11-13H,4-10,14H2,1-3H3/q+1. The second-order valence-corrected chi connectivity index (χ2v) is 5.08. The molecule has 0 aliphatic carbocycles. The van der Waals surface area contributed by atoms with E-state index in [0.29, 0.717) is 0 Å². The van der Waals surface area contributed by atoms with E-state index in [9.17, 15) is 0 Å². The Morgan fingerprint density at radius 2 is 1.35 bits per heavy atom. The van der Waals surface area contributed by atoms with E-state index in [0.717, 1.165) is 0 Å². The van der Waals surface area contributed by atoms with Crippen molar-refractivity contribution in [3.05, 3.63) is 29.6 Å². The SMILES string of the molecule is CCCCCCCCC[n+]1c(C)cccc1C. The molecule has 1 aromatic heterocycles. The van der Waals surface area contributed by atoms with Gasteiger partial charge in [-0.05, 0) is 12.5 Å². The average Bonchev–Trinajstić information content (AvgIpc) is 2.31. The lowest BCUT2D eigenvalue weighted by Gasteiger charge is -2.04. The summed E-state index contributed by atoms with van der Waals surface area (Å²) in [6, 6.07) is 6.55. The topological polar surface area (TPSA) is 3.88 Å². The van der Waals surface area contributed by atoms with Crippen LogP contribution >= 0.6 is 0 Å². The van der Waals surface area contributed by atoms with Gasteiger partial charge in [0.05, 0.1) is 0 Å². The Hall–Kier alpha value is -0.850. The number of aromatic nitrogens is 1. The monoisotopic (exact) mass is 234 g/mol. The van der Waals surface area contributed by atoms with Crippen LogP contribution < -0.4 is 4.57 Å². The maximum Gasteiger partial charge on any atom is 0.178 e. The van der Waals surface area contributed by atoms with Gasteiger partial charge in [0.1, 0.15) is 6.54 Å². The lowest BCUT2D eigenvalue weighted by molar-refractivity contribution is -0.709. The third-order valence-electron chi connectivity index (χ3n) is 3.51. The third kappa shape index (κ3) is 5.34. The summed E-state index contributed by atoms with van der Waals surface area (Å²) in [5.74, 6) is 0. The van der Waals surface area contributed by atoms with E-state index in [1.165, 1.54) is 62.9 Å². The summed E-state index contributed by atoms with van der Waals surface area (Å²) in [7, 11) is 0. The zero-order chi connectivity index (χ0) is 12.5. The minimum Gasteiger partial charge on any atom is -0.200 e. The molecule has 1 aromatic rings. The van der Waals surface area contributed by atoms with Crippen LogP contribution in [-0.4, -0.2) is 0 Å². The highest BCUT2D eigenvalue weighted by atomic mass is 15.0. The van der Waals surface area contributed by atoms with Gasteiger partial charge in [-0.25, -0.2) is 4.57 Å². The Morgan fingerprint density at radius 3 is 1.94 bits per heavy atom. The van der Waals surface area contributed by atoms with Crippen molar-refractivity contribution in [1.29, 1.82) is 0 Å². The van der Waals surface area contributed by atoms with Gasteiger partial charge in [0.25, 0.3) is 0 Å². The highest BCUT2D eigenvalue weighted by Crippen LogP contribution is 2.07. The van der Waals surface area contributed by atoms with Gasteiger partial charge in [0, 0.05) is 32.4 Å². The molecule has 1 heterocycles. The zero-order valence-corrected chi connectivity index (χ0v) is 11.8. The zero-order valence-electron chi connectivity index (χ0n) is 11.8. The number of nitrogens with zero attached hydrogens (tertiary/aromatic N) is 1. The molecule has 0 amide bonds. The Kier molecular flexibility index (Phi) is 6.91. The molecule has 1 rings (SSSR count). The van der Waals surface area contributed by atoms with E-state index in [4.69, 9.17) is 0 Å². The summed E-state index contributed by atoms with van der Waals surface area (Å²) >= 11 is 0. The summed E-state index contributed by atoms with van der Waals surface area (Å²) < 4.78 is 2.44. The first-order valence-corrected chi connectivity index (χ1v) is 7.21. The minimum absolute atomic E-state index is 1.19. The lowest BCUT2D eigenvalue weighted by Crippen LogP contribution is -2.40. The maximum atomic E-state index is 2.44.